The number of hydrogen-bond donors (Lipinski definition) is 14. The van der Waals surface area contributed by atoms with E-state index in [1.165, 1.54) is 24.4 Å². The lowest BCUT2D eigenvalue weighted by Crippen LogP contribution is -2.70. The number of carbonyl (C=O) groups is 2. The van der Waals surface area contributed by atoms with Crippen LogP contribution in [0.25, 0.3) is 22.3 Å². The van der Waals surface area contributed by atoms with Crippen molar-refractivity contribution in [1.29, 1.82) is 0 Å². The molecule has 2 aromatic carbocycles. The quantitative estimate of drug-likeness (QED) is 0.0811. The second-order valence-electron chi connectivity index (χ2n) is 16.2. The smallest absolute Gasteiger partial charge is 0.340 e. The summed E-state index contributed by atoms with van der Waals surface area (Å²) in [5.41, 5.74) is 5.30. The molecule has 0 amide bonds. The number of carbonyl (C=O) groups excluding carboxylic acids is 1. The Labute approximate surface area is 361 Å². The Morgan fingerprint density at radius 1 is 0.922 bits per heavy atom. The summed E-state index contributed by atoms with van der Waals surface area (Å²) in [5, 5.41) is 124. The molecule has 2 saturated heterocycles. The highest BCUT2D eigenvalue weighted by Gasteiger charge is 2.62. The van der Waals surface area contributed by atoms with E-state index in [1.807, 2.05) is 0 Å². The van der Waals surface area contributed by atoms with Crippen LogP contribution >= 0.6 is 0 Å². The molecule has 5 aliphatic rings. The molecule has 12 atom stereocenters. The van der Waals surface area contributed by atoms with E-state index in [4.69, 9.17) is 29.1 Å². The van der Waals surface area contributed by atoms with Crippen molar-refractivity contribution >= 4 is 22.9 Å². The first-order chi connectivity index (χ1) is 30.4. The third-order valence-corrected chi connectivity index (χ3v) is 12.1. The summed E-state index contributed by atoms with van der Waals surface area (Å²) in [5.74, 6) is -9.58. The predicted molar refractivity (Wildman–Crippen MR) is 215 cm³/mol. The second-order valence-corrected chi connectivity index (χ2v) is 16.2. The van der Waals surface area contributed by atoms with Crippen molar-refractivity contribution in [2.45, 2.75) is 111 Å². The number of aliphatic hydroxyl groups excluding tert-OH is 7. The van der Waals surface area contributed by atoms with Gasteiger partial charge in [0, 0.05) is 53.6 Å². The molecule has 5 heterocycles. The molecule has 0 bridgehead atoms. The van der Waals surface area contributed by atoms with Crippen LogP contribution in [0.15, 0.2) is 69.2 Å². The first-order valence-electron chi connectivity index (χ1n) is 20.4. The van der Waals surface area contributed by atoms with Crippen molar-refractivity contribution < 1.29 is 89.1 Å². The van der Waals surface area contributed by atoms with E-state index in [2.05, 4.69) is 10.6 Å². The molecule has 1 saturated carbocycles. The number of phenolic OH excluding ortho intramolecular Hbond substituents is 3. The van der Waals surface area contributed by atoms with Crippen LogP contribution in [-0.2, 0) is 30.2 Å². The molecular weight excluding hydrogens is 850 g/mol. The van der Waals surface area contributed by atoms with Crippen molar-refractivity contribution in [1.82, 2.24) is 10.6 Å². The molecule has 64 heavy (non-hydrogen) atoms. The number of fused-ring (bicyclic) bond motifs is 2. The number of aromatic hydroxyl groups is 3. The third-order valence-electron chi connectivity index (χ3n) is 12.1. The maximum absolute atomic E-state index is 14.0. The van der Waals surface area contributed by atoms with Crippen molar-refractivity contribution in [2.24, 2.45) is 5.73 Å². The lowest BCUT2D eigenvalue weighted by atomic mass is 9.85. The third kappa shape index (κ3) is 7.80. The number of carboxylic acid groups (broad SMARTS) is 1. The minimum atomic E-state index is -2.75. The van der Waals surface area contributed by atoms with Gasteiger partial charge in [-0.2, -0.15) is 0 Å². The standard InChI is InChI=1S/C42H47N3O19/c43-26-6-5-16(14-44-26)19-11-25(45-18-3-1-2-4-18)42(38(56)34(54)33(53)37(64-42)40(59)62-41-35(55)31(51)32(52)36(61-41)39(57)58)63-24-13-23-28(30(50)27(19)24)20(47)12-22(60-23)17-9-15(7-8-46)29(49)21(48)10-17/h5-6,9-14,18-19,26,31-38,41,44-46,48-56H,1-4,7-8,43H2,(H,57,58). The molecule has 1 spiro atoms. The number of nitrogens with two attached hydrogens (primary N) is 1. The fraction of sp³-hybridized carbons (Fsp3) is 0.452. The lowest BCUT2D eigenvalue weighted by molar-refractivity contribution is -0.326. The summed E-state index contributed by atoms with van der Waals surface area (Å²) in [6.45, 7) is -0.399. The van der Waals surface area contributed by atoms with Gasteiger partial charge in [0.15, 0.2) is 35.2 Å². The van der Waals surface area contributed by atoms with Gasteiger partial charge in [-0.1, -0.05) is 18.9 Å². The fourth-order valence-corrected chi connectivity index (χ4v) is 8.69. The van der Waals surface area contributed by atoms with Crippen LogP contribution in [0.2, 0.25) is 0 Å². The fourth-order valence-electron chi connectivity index (χ4n) is 8.69. The van der Waals surface area contributed by atoms with Gasteiger partial charge in [0.2, 0.25) is 6.29 Å². The number of esters is 1. The molecule has 4 aliphatic heterocycles. The number of hydrogen-bond acceptors (Lipinski definition) is 21. The average Bonchev–Trinajstić information content (AvgIpc) is 3.73. The number of dihydropyridines is 1. The number of nitrogens with one attached hydrogen (secondary N) is 2. The molecule has 8 rings (SSSR count). The number of carboxylic acids is 1. The molecule has 3 aromatic rings. The SMILES string of the molecule is NC1C=CC(C2C=C(NC3CCCC3)C3(Oc4cc5oc(-c6cc(O)c(O)c(CCO)c6)cc(=O)c5c(O)c42)OC(C(=O)OC2OC(C(=O)O)C(O)C(O)C2O)C(O)C(O)C3O)=CN1. The first-order valence-corrected chi connectivity index (χ1v) is 20.4. The Morgan fingerprint density at radius 2 is 1.64 bits per heavy atom. The van der Waals surface area contributed by atoms with E-state index in [-0.39, 0.29) is 57.3 Å². The van der Waals surface area contributed by atoms with Crippen LogP contribution < -0.4 is 26.5 Å². The molecule has 0 radical (unpaired) electrons. The molecule has 12 unspecified atom stereocenters. The molecule has 22 heteroatoms. The summed E-state index contributed by atoms with van der Waals surface area (Å²) in [6.07, 6.45) is -12.0. The highest BCUT2D eigenvalue weighted by Crippen LogP contribution is 2.51. The van der Waals surface area contributed by atoms with E-state index in [0.29, 0.717) is 18.4 Å². The van der Waals surface area contributed by atoms with Crippen LogP contribution in [0, 0.1) is 0 Å². The zero-order valence-electron chi connectivity index (χ0n) is 33.6. The topological polar surface area (TPSA) is 374 Å². The highest BCUT2D eigenvalue weighted by atomic mass is 16.8. The van der Waals surface area contributed by atoms with Gasteiger partial charge in [0.05, 0.1) is 11.9 Å². The summed E-state index contributed by atoms with van der Waals surface area (Å²) in [4.78, 5) is 39.8. The Kier molecular flexibility index (Phi) is 12.1. The Balaban J connectivity index is 1.30. The van der Waals surface area contributed by atoms with Crippen LogP contribution in [0.4, 0.5) is 0 Å². The summed E-state index contributed by atoms with van der Waals surface area (Å²) in [7, 11) is 0. The molecule has 1 aromatic heterocycles. The molecule has 3 fully saturated rings. The van der Waals surface area contributed by atoms with Gasteiger partial charge in [-0.15, -0.1) is 0 Å². The number of allylic oxidation sites excluding steroid dienone is 3. The number of aliphatic hydroxyl groups is 7. The maximum atomic E-state index is 14.0. The van der Waals surface area contributed by atoms with Gasteiger partial charge < -0.3 is 95.9 Å². The highest BCUT2D eigenvalue weighted by molar-refractivity contribution is 5.89. The zero-order chi connectivity index (χ0) is 45.9. The molecular formula is C42H47N3O19. The molecule has 22 nitrogen and oxygen atoms in total. The van der Waals surface area contributed by atoms with Crippen LogP contribution in [-0.4, -0.2) is 148 Å². The van der Waals surface area contributed by atoms with E-state index < -0.39 is 114 Å². The number of rotatable bonds is 9. The summed E-state index contributed by atoms with van der Waals surface area (Å²) < 4.78 is 29.3. The van der Waals surface area contributed by atoms with E-state index >= 15 is 0 Å². The largest absolute Gasteiger partial charge is 0.507 e. The van der Waals surface area contributed by atoms with Gasteiger partial charge in [0.1, 0.15) is 58.7 Å². The van der Waals surface area contributed by atoms with Gasteiger partial charge in [0.25, 0.3) is 5.79 Å². The van der Waals surface area contributed by atoms with E-state index in [1.54, 1.807) is 12.2 Å². The minimum absolute atomic E-state index is 0.0788. The van der Waals surface area contributed by atoms with Gasteiger partial charge in [-0.3, -0.25) is 4.79 Å². The van der Waals surface area contributed by atoms with Gasteiger partial charge >= 0.3 is 11.9 Å². The van der Waals surface area contributed by atoms with Gasteiger partial charge in [-0.05, 0) is 49.1 Å². The first kappa shape index (κ1) is 44.8. The minimum Gasteiger partial charge on any atom is -0.507 e. The second kappa shape index (κ2) is 17.3. The number of aliphatic carboxylic acids is 1. The predicted octanol–water partition coefficient (Wildman–Crippen LogP) is -2.05. The average molecular weight is 898 g/mol. The van der Waals surface area contributed by atoms with Crippen molar-refractivity contribution in [3.8, 4) is 34.3 Å². The monoisotopic (exact) mass is 897 g/mol. The van der Waals surface area contributed by atoms with Gasteiger partial charge in [-0.25, -0.2) is 9.59 Å². The number of ether oxygens (including phenoxy) is 4. The van der Waals surface area contributed by atoms with E-state index in [9.17, 15) is 70.6 Å². The Bertz CT molecular complexity index is 2480. The molecule has 1 aliphatic carbocycles. The maximum Gasteiger partial charge on any atom is 0.340 e. The van der Waals surface area contributed by atoms with E-state index in [0.717, 1.165) is 25.0 Å². The Hall–Kier alpha value is -5.79. The number of phenols is 3. The van der Waals surface area contributed by atoms with Crippen LogP contribution in [0.1, 0.15) is 42.7 Å². The lowest BCUT2D eigenvalue weighted by Gasteiger charge is -2.48. The van der Waals surface area contributed by atoms with Crippen molar-refractivity contribution in [2.75, 3.05) is 6.61 Å². The molecule has 344 valence electrons. The van der Waals surface area contributed by atoms with Crippen molar-refractivity contribution in [3.05, 3.63) is 81.3 Å². The molecule has 15 N–H and O–H groups in total. The van der Waals surface area contributed by atoms with Crippen molar-refractivity contribution in [3.63, 3.8) is 0 Å². The zero-order valence-corrected chi connectivity index (χ0v) is 33.6. The normalized spacial score (nSPS) is 32.8. The van der Waals surface area contributed by atoms with Crippen LogP contribution in [0.3, 0.4) is 0 Å². The Morgan fingerprint density at radius 3 is 2.31 bits per heavy atom. The summed E-state index contributed by atoms with van der Waals surface area (Å²) >= 11 is 0. The number of benzene rings is 2. The van der Waals surface area contributed by atoms with Crippen LogP contribution in [0.5, 0.6) is 23.0 Å². The summed E-state index contributed by atoms with van der Waals surface area (Å²) in [6, 6.07) is 4.35.